The normalized spacial score (nSPS) is 11.8. The van der Waals surface area contributed by atoms with Crippen LogP contribution >= 0.6 is 11.8 Å². The fourth-order valence-corrected chi connectivity index (χ4v) is 3.58. The van der Waals surface area contributed by atoms with Crippen LogP contribution in [0, 0.1) is 0 Å². The fraction of sp³-hybridized carbons (Fsp3) is 0.300. The predicted octanol–water partition coefficient (Wildman–Crippen LogP) is 3.07. The molecule has 8 heteroatoms. The number of ether oxygens (including phenoxy) is 1. The molecule has 28 heavy (non-hydrogen) atoms. The van der Waals surface area contributed by atoms with Gasteiger partial charge in [-0.05, 0) is 34.5 Å². The van der Waals surface area contributed by atoms with E-state index in [0.29, 0.717) is 23.4 Å². The molecule has 7 nitrogen and oxygen atoms in total. The van der Waals surface area contributed by atoms with Gasteiger partial charge in [-0.25, -0.2) is 0 Å². The SMILES string of the molecule is CC[C@H](CNC(=O)CSc1nnnn1-c1ccccc1OC)c1ccccc1. The number of hydrogen-bond donors (Lipinski definition) is 1. The molecule has 0 saturated heterocycles. The first-order valence-electron chi connectivity index (χ1n) is 9.09. The minimum Gasteiger partial charge on any atom is -0.494 e. The highest BCUT2D eigenvalue weighted by Crippen LogP contribution is 2.25. The van der Waals surface area contributed by atoms with Crippen molar-refractivity contribution in [1.29, 1.82) is 0 Å². The molecule has 0 aliphatic heterocycles. The van der Waals surface area contributed by atoms with E-state index >= 15 is 0 Å². The summed E-state index contributed by atoms with van der Waals surface area (Å²) in [5.41, 5.74) is 1.96. The molecule has 2 aromatic carbocycles. The lowest BCUT2D eigenvalue weighted by molar-refractivity contribution is -0.118. The van der Waals surface area contributed by atoms with Gasteiger partial charge >= 0.3 is 0 Å². The lowest BCUT2D eigenvalue weighted by Gasteiger charge is -2.16. The van der Waals surface area contributed by atoms with Gasteiger partial charge in [-0.1, -0.05) is 61.2 Å². The number of nitrogens with zero attached hydrogens (tertiary/aromatic N) is 4. The van der Waals surface area contributed by atoms with E-state index in [2.05, 4.69) is 39.9 Å². The van der Waals surface area contributed by atoms with Crippen LogP contribution in [-0.2, 0) is 4.79 Å². The zero-order chi connectivity index (χ0) is 19.8. The van der Waals surface area contributed by atoms with Gasteiger partial charge in [0.2, 0.25) is 11.1 Å². The van der Waals surface area contributed by atoms with Crippen molar-refractivity contribution in [3.8, 4) is 11.4 Å². The van der Waals surface area contributed by atoms with Crippen molar-refractivity contribution in [1.82, 2.24) is 25.5 Å². The van der Waals surface area contributed by atoms with Crippen LogP contribution in [0.4, 0.5) is 0 Å². The zero-order valence-electron chi connectivity index (χ0n) is 15.9. The van der Waals surface area contributed by atoms with E-state index in [1.165, 1.54) is 17.3 Å². The van der Waals surface area contributed by atoms with E-state index in [1.807, 2.05) is 42.5 Å². The maximum atomic E-state index is 12.3. The summed E-state index contributed by atoms with van der Waals surface area (Å²) in [7, 11) is 1.60. The summed E-state index contributed by atoms with van der Waals surface area (Å²) >= 11 is 1.29. The summed E-state index contributed by atoms with van der Waals surface area (Å²) in [6.45, 7) is 2.73. The number of aromatic nitrogens is 4. The topological polar surface area (TPSA) is 81.9 Å². The third-order valence-corrected chi connectivity index (χ3v) is 5.32. The van der Waals surface area contributed by atoms with E-state index in [9.17, 15) is 4.79 Å². The monoisotopic (exact) mass is 397 g/mol. The number of carbonyl (C=O) groups excluding carboxylic acids is 1. The van der Waals surface area contributed by atoms with Gasteiger partial charge in [0.05, 0.1) is 12.9 Å². The van der Waals surface area contributed by atoms with Crippen molar-refractivity contribution >= 4 is 17.7 Å². The van der Waals surface area contributed by atoms with Crippen LogP contribution in [0.25, 0.3) is 5.69 Å². The summed E-state index contributed by atoms with van der Waals surface area (Å²) in [5.74, 6) is 1.15. The van der Waals surface area contributed by atoms with Crippen LogP contribution < -0.4 is 10.1 Å². The third kappa shape index (κ3) is 4.89. The maximum absolute atomic E-state index is 12.3. The molecule has 0 aliphatic rings. The lowest BCUT2D eigenvalue weighted by Crippen LogP contribution is -2.29. The van der Waals surface area contributed by atoms with Crippen LogP contribution in [0.15, 0.2) is 59.8 Å². The predicted molar refractivity (Wildman–Crippen MR) is 109 cm³/mol. The van der Waals surface area contributed by atoms with Crippen molar-refractivity contribution in [3.63, 3.8) is 0 Å². The Hall–Kier alpha value is -2.87. The highest BCUT2D eigenvalue weighted by molar-refractivity contribution is 7.99. The van der Waals surface area contributed by atoms with Crippen LogP contribution in [0.5, 0.6) is 5.75 Å². The number of para-hydroxylation sites is 2. The molecule has 0 aliphatic carbocycles. The molecule has 1 atom stereocenters. The number of benzene rings is 2. The molecule has 1 amide bonds. The van der Waals surface area contributed by atoms with Gasteiger partial charge in [0.1, 0.15) is 11.4 Å². The molecule has 3 rings (SSSR count). The first-order valence-corrected chi connectivity index (χ1v) is 10.1. The lowest BCUT2D eigenvalue weighted by atomic mass is 9.96. The highest BCUT2D eigenvalue weighted by Gasteiger charge is 2.15. The fourth-order valence-electron chi connectivity index (χ4n) is 2.87. The Morgan fingerprint density at radius 3 is 2.68 bits per heavy atom. The number of rotatable bonds is 9. The average Bonchev–Trinajstić information content (AvgIpc) is 3.22. The zero-order valence-corrected chi connectivity index (χ0v) is 16.7. The van der Waals surface area contributed by atoms with Crippen LogP contribution in [0.1, 0.15) is 24.8 Å². The van der Waals surface area contributed by atoms with Crippen molar-refractivity contribution in [2.24, 2.45) is 0 Å². The van der Waals surface area contributed by atoms with Gasteiger partial charge < -0.3 is 10.1 Å². The molecule has 0 radical (unpaired) electrons. The van der Waals surface area contributed by atoms with Gasteiger partial charge in [-0.15, -0.1) is 5.10 Å². The molecule has 0 fully saturated rings. The Morgan fingerprint density at radius 1 is 1.18 bits per heavy atom. The second-order valence-corrected chi connectivity index (χ2v) is 7.10. The van der Waals surface area contributed by atoms with Gasteiger partial charge in [0, 0.05) is 12.5 Å². The van der Waals surface area contributed by atoms with Crippen LogP contribution in [0.2, 0.25) is 0 Å². The summed E-state index contributed by atoms with van der Waals surface area (Å²) in [5, 5.41) is 15.3. The molecular formula is C20H23N5O2S. The molecule has 3 aromatic rings. The molecule has 1 heterocycles. The van der Waals surface area contributed by atoms with E-state index in [4.69, 9.17) is 4.74 Å². The summed E-state index contributed by atoms with van der Waals surface area (Å²) in [6.07, 6.45) is 0.962. The molecule has 0 bridgehead atoms. The molecular weight excluding hydrogens is 374 g/mol. The van der Waals surface area contributed by atoms with Crippen molar-refractivity contribution in [2.75, 3.05) is 19.4 Å². The summed E-state index contributed by atoms with van der Waals surface area (Å²) in [6, 6.07) is 17.7. The first kappa shape index (κ1) is 19.9. The highest BCUT2D eigenvalue weighted by atomic mass is 32.2. The Balaban J connectivity index is 1.58. The van der Waals surface area contributed by atoms with E-state index in [0.717, 1.165) is 12.1 Å². The van der Waals surface area contributed by atoms with E-state index < -0.39 is 0 Å². The smallest absolute Gasteiger partial charge is 0.230 e. The molecule has 146 valence electrons. The minimum absolute atomic E-state index is 0.0473. The number of carbonyl (C=O) groups is 1. The number of hydrogen-bond acceptors (Lipinski definition) is 6. The van der Waals surface area contributed by atoms with Crippen molar-refractivity contribution < 1.29 is 9.53 Å². The molecule has 1 N–H and O–H groups in total. The van der Waals surface area contributed by atoms with Gasteiger partial charge in [0.25, 0.3) is 0 Å². The van der Waals surface area contributed by atoms with Crippen molar-refractivity contribution in [2.45, 2.75) is 24.4 Å². The van der Waals surface area contributed by atoms with Gasteiger partial charge in [-0.2, -0.15) is 4.68 Å². The quantitative estimate of drug-likeness (QED) is 0.559. The first-order chi connectivity index (χ1) is 13.7. The average molecular weight is 398 g/mol. The molecule has 0 saturated carbocycles. The molecule has 1 aromatic heterocycles. The second kappa shape index (κ2) is 9.89. The Morgan fingerprint density at radius 2 is 1.93 bits per heavy atom. The second-order valence-electron chi connectivity index (χ2n) is 6.15. The van der Waals surface area contributed by atoms with Gasteiger partial charge in [0.15, 0.2) is 0 Å². The number of methoxy groups -OCH3 is 1. The van der Waals surface area contributed by atoms with E-state index in [1.54, 1.807) is 11.8 Å². The largest absolute Gasteiger partial charge is 0.494 e. The molecule has 0 unspecified atom stereocenters. The maximum Gasteiger partial charge on any atom is 0.230 e. The number of tetrazole rings is 1. The third-order valence-electron chi connectivity index (χ3n) is 4.40. The van der Waals surface area contributed by atoms with Crippen LogP contribution in [0.3, 0.4) is 0 Å². The minimum atomic E-state index is -0.0473. The number of thioether (sulfide) groups is 1. The number of nitrogens with one attached hydrogen (secondary N) is 1. The summed E-state index contributed by atoms with van der Waals surface area (Å²) in [4.78, 5) is 12.3. The Kier molecular flexibility index (Phi) is 7.02. The van der Waals surface area contributed by atoms with Crippen LogP contribution in [-0.4, -0.2) is 45.5 Å². The van der Waals surface area contributed by atoms with Crippen molar-refractivity contribution in [3.05, 3.63) is 60.2 Å². The van der Waals surface area contributed by atoms with Gasteiger partial charge in [-0.3, -0.25) is 4.79 Å². The summed E-state index contributed by atoms with van der Waals surface area (Å²) < 4.78 is 6.94. The van der Waals surface area contributed by atoms with E-state index in [-0.39, 0.29) is 11.7 Å². The Bertz CT molecular complexity index is 900. The Labute approximate surface area is 168 Å². The molecule has 0 spiro atoms. The number of amides is 1. The standard InChI is InChI=1S/C20H23N5O2S/c1-3-15(16-9-5-4-6-10-16)13-21-19(26)14-28-20-22-23-24-25(20)17-11-7-8-12-18(17)27-2/h4-12,15H,3,13-14H2,1-2H3,(H,21,26)/t15-/m1/s1.